The quantitative estimate of drug-likeness (QED) is 0.337. The van der Waals surface area contributed by atoms with Crippen LogP contribution in [0.1, 0.15) is 27.7 Å². The maximum atomic E-state index is 5.57. The standard InChI is InChI=1S/C13H29N5/c1-11(2)9-15-13(16-14)18-7-5-17(6-8-18)10-12(3)4/h11-12H,5-10,14H2,1-4H3,(H,15,16). The lowest BCUT2D eigenvalue weighted by Gasteiger charge is -2.36. The van der Waals surface area contributed by atoms with Crippen LogP contribution < -0.4 is 11.3 Å². The molecule has 3 N–H and O–H groups in total. The van der Waals surface area contributed by atoms with E-state index in [1.165, 1.54) is 6.54 Å². The zero-order chi connectivity index (χ0) is 13.5. The minimum Gasteiger partial charge on any atom is -0.339 e. The average Bonchev–Trinajstić information content (AvgIpc) is 2.31. The molecule has 0 aromatic rings. The molecule has 0 amide bonds. The van der Waals surface area contributed by atoms with Gasteiger partial charge in [-0.1, -0.05) is 27.7 Å². The summed E-state index contributed by atoms with van der Waals surface area (Å²) in [6.45, 7) is 15.1. The molecule has 0 unspecified atom stereocenters. The average molecular weight is 255 g/mol. The Morgan fingerprint density at radius 3 is 2.17 bits per heavy atom. The number of hydrazine groups is 1. The van der Waals surface area contributed by atoms with Crippen molar-refractivity contribution in [3.63, 3.8) is 0 Å². The van der Waals surface area contributed by atoms with Gasteiger partial charge >= 0.3 is 0 Å². The topological polar surface area (TPSA) is 56.9 Å². The number of piperazine rings is 1. The molecule has 0 atom stereocenters. The van der Waals surface area contributed by atoms with E-state index < -0.39 is 0 Å². The number of nitrogens with zero attached hydrogens (tertiary/aromatic N) is 3. The van der Waals surface area contributed by atoms with Crippen LogP contribution in [0.2, 0.25) is 0 Å². The maximum Gasteiger partial charge on any atom is 0.208 e. The van der Waals surface area contributed by atoms with Crippen LogP contribution in [0, 0.1) is 11.8 Å². The van der Waals surface area contributed by atoms with Crippen molar-refractivity contribution in [2.24, 2.45) is 22.7 Å². The van der Waals surface area contributed by atoms with Gasteiger partial charge in [0.15, 0.2) is 0 Å². The van der Waals surface area contributed by atoms with Crippen LogP contribution in [-0.2, 0) is 0 Å². The number of guanidine groups is 1. The highest BCUT2D eigenvalue weighted by molar-refractivity contribution is 5.79. The van der Waals surface area contributed by atoms with Crippen LogP contribution in [0.25, 0.3) is 0 Å². The van der Waals surface area contributed by atoms with Gasteiger partial charge in [-0.05, 0) is 11.8 Å². The zero-order valence-corrected chi connectivity index (χ0v) is 12.3. The van der Waals surface area contributed by atoms with Gasteiger partial charge in [-0.3, -0.25) is 15.3 Å². The third-order valence-corrected chi connectivity index (χ3v) is 3.03. The van der Waals surface area contributed by atoms with Crippen LogP contribution in [-0.4, -0.2) is 55.0 Å². The van der Waals surface area contributed by atoms with Crippen molar-refractivity contribution in [1.82, 2.24) is 15.2 Å². The second kappa shape index (κ2) is 7.59. The fraction of sp³-hybridized carbons (Fsp3) is 0.923. The normalized spacial score (nSPS) is 18.8. The van der Waals surface area contributed by atoms with E-state index in [9.17, 15) is 0 Å². The summed E-state index contributed by atoms with van der Waals surface area (Å²) in [4.78, 5) is 9.30. The first kappa shape index (κ1) is 15.2. The van der Waals surface area contributed by atoms with Gasteiger partial charge in [0.1, 0.15) is 0 Å². The zero-order valence-electron chi connectivity index (χ0n) is 12.3. The van der Waals surface area contributed by atoms with Gasteiger partial charge in [0.25, 0.3) is 0 Å². The minimum absolute atomic E-state index is 0.565. The SMILES string of the molecule is CC(C)CN=C(NN)N1CCN(CC(C)C)CC1. The second-order valence-corrected chi connectivity index (χ2v) is 5.88. The monoisotopic (exact) mass is 255 g/mol. The largest absolute Gasteiger partial charge is 0.339 e. The lowest BCUT2D eigenvalue weighted by molar-refractivity contribution is 0.164. The fourth-order valence-electron chi connectivity index (χ4n) is 2.16. The summed E-state index contributed by atoms with van der Waals surface area (Å²) in [5, 5.41) is 0. The van der Waals surface area contributed by atoms with Gasteiger partial charge in [0.05, 0.1) is 0 Å². The molecule has 0 aromatic heterocycles. The van der Waals surface area contributed by atoms with Crippen molar-refractivity contribution < 1.29 is 0 Å². The van der Waals surface area contributed by atoms with E-state index in [0.717, 1.165) is 44.6 Å². The van der Waals surface area contributed by atoms with Gasteiger partial charge in [0.2, 0.25) is 5.96 Å². The first-order valence-electron chi connectivity index (χ1n) is 7.01. The Labute approximate surface area is 111 Å². The minimum atomic E-state index is 0.565. The molecule has 0 aliphatic carbocycles. The molecule has 106 valence electrons. The Morgan fingerprint density at radius 2 is 1.72 bits per heavy atom. The highest BCUT2D eigenvalue weighted by Crippen LogP contribution is 2.05. The molecule has 0 saturated carbocycles. The van der Waals surface area contributed by atoms with Crippen LogP contribution in [0.4, 0.5) is 0 Å². The third kappa shape index (κ3) is 5.23. The molecule has 5 heteroatoms. The molecule has 1 saturated heterocycles. The summed E-state index contributed by atoms with van der Waals surface area (Å²) >= 11 is 0. The van der Waals surface area contributed by atoms with Crippen molar-refractivity contribution in [3.8, 4) is 0 Å². The molecule has 1 aliphatic rings. The number of rotatable bonds is 4. The lowest BCUT2D eigenvalue weighted by Crippen LogP contribution is -2.54. The van der Waals surface area contributed by atoms with Crippen molar-refractivity contribution >= 4 is 5.96 Å². The Kier molecular flexibility index (Phi) is 6.43. The van der Waals surface area contributed by atoms with Crippen molar-refractivity contribution in [1.29, 1.82) is 0 Å². The second-order valence-electron chi connectivity index (χ2n) is 5.88. The summed E-state index contributed by atoms with van der Waals surface area (Å²) in [7, 11) is 0. The molecular formula is C13H29N5. The molecular weight excluding hydrogens is 226 g/mol. The van der Waals surface area contributed by atoms with Crippen molar-refractivity contribution in [2.45, 2.75) is 27.7 Å². The van der Waals surface area contributed by atoms with Crippen molar-refractivity contribution in [3.05, 3.63) is 0 Å². The summed E-state index contributed by atoms with van der Waals surface area (Å²) in [5.41, 5.74) is 2.74. The summed E-state index contributed by atoms with van der Waals surface area (Å²) in [6, 6.07) is 0. The first-order valence-corrected chi connectivity index (χ1v) is 7.01. The number of nitrogens with one attached hydrogen (secondary N) is 1. The summed E-state index contributed by atoms with van der Waals surface area (Å²) in [5.74, 6) is 7.71. The maximum absolute atomic E-state index is 5.57. The predicted octanol–water partition coefficient (Wildman–Crippen LogP) is 0.735. The number of hydrogen-bond donors (Lipinski definition) is 2. The van der Waals surface area contributed by atoms with Crippen molar-refractivity contribution in [2.75, 3.05) is 39.3 Å². The molecule has 0 aromatic carbocycles. The van der Waals surface area contributed by atoms with Gasteiger partial charge in [-0.2, -0.15) is 0 Å². The summed E-state index contributed by atoms with van der Waals surface area (Å²) < 4.78 is 0. The van der Waals surface area contributed by atoms with Crippen LogP contribution in [0.5, 0.6) is 0 Å². The molecule has 1 rings (SSSR count). The molecule has 0 spiro atoms. The van der Waals surface area contributed by atoms with E-state index in [4.69, 9.17) is 5.84 Å². The van der Waals surface area contributed by atoms with E-state index >= 15 is 0 Å². The van der Waals surface area contributed by atoms with Gasteiger partial charge < -0.3 is 4.90 Å². The van der Waals surface area contributed by atoms with Gasteiger partial charge in [-0.25, -0.2) is 5.84 Å². The Hall–Kier alpha value is -0.810. The predicted molar refractivity (Wildman–Crippen MR) is 77.3 cm³/mol. The van der Waals surface area contributed by atoms with Crippen LogP contribution >= 0.6 is 0 Å². The fourth-order valence-corrected chi connectivity index (χ4v) is 2.16. The molecule has 1 aliphatic heterocycles. The van der Waals surface area contributed by atoms with E-state index in [-0.39, 0.29) is 0 Å². The molecule has 18 heavy (non-hydrogen) atoms. The van der Waals surface area contributed by atoms with E-state index in [1.807, 2.05) is 0 Å². The molecule has 5 nitrogen and oxygen atoms in total. The molecule has 0 radical (unpaired) electrons. The Morgan fingerprint density at radius 1 is 1.11 bits per heavy atom. The number of hydrogen-bond acceptors (Lipinski definition) is 3. The third-order valence-electron chi connectivity index (χ3n) is 3.03. The molecule has 1 fully saturated rings. The number of nitrogens with two attached hydrogens (primary N) is 1. The smallest absolute Gasteiger partial charge is 0.208 e. The summed E-state index contributed by atoms with van der Waals surface area (Å²) in [6.07, 6.45) is 0. The van der Waals surface area contributed by atoms with E-state index in [1.54, 1.807) is 0 Å². The molecule has 1 heterocycles. The Balaban J connectivity index is 2.42. The van der Waals surface area contributed by atoms with Gasteiger partial charge in [0, 0.05) is 39.3 Å². The highest BCUT2D eigenvalue weighted by atomic mass is 15.4. The van der Waals surface area contributed by atoms with Gasteiger partial charge in [-0.15, -0.1) is 0 Å². The molecule has 0 bridgehead atoms. The lowest BCUT2D eigenvalue weighted by atomic mass is 10.2. The van der Waals surface area contributed by atoms with Crippen LogP contribution in [0.3, 0.4) is 0 Å². The van der Waals surface area contributed by atoms with E-state index in [0.29, 0.717) is 5.92 Å². The number of aliphatic imine (C=N–C) groups is 1. The first-order chi connectivity index (χ1) is 8.52. The highest BCUT2D eigenvalue weighted by Gasteiger charge is 2.19. The van der Waals surface area contributed by atoms with E-state index in [2.05, 4.69) is 47.9 Å². The Bertz CT molecular complexity index is 254. The van der Waals surface area contributed by atoms with Crippen LogP contribution in [0.15, 0.2) is 4.99 Å².